The number of nitrogens with zero attached hydrogens (tertiary/aromatic N) is 3. The van der Waals surface area contributed by atoms with E-state index in [1.165, 1.54) is 55.9 Å². The zero-order valence-corrected chi connectivity index (χ0v) is 23.8. The van der Waals surface area contributed by atoms with Gasteiger partial charge in [-0.2, -0.15) is 0 Å². The van der Waals surface area contributed by atoms with Gasteiger partial charge in [-0.3, -0.25) is 4.79 Å². The summed E-state index contributed by atoms with van der Waals surface area (Å²) in [6.45, 7) is 0.448. The van der Waals surface area contributed by atoms with Crippen molar-refractivity contribution >= 4 is 5.91 Å². The number of fused-ring (bicyclic) bond motifs is 1. The maximum atomic E-state index is 14.8. The predicted molar refractivity (Wildman–Crippen MR) is 156 cm³/mol. The highest BCUT2D eigenvalue weighted by Gasteiger charge is 2.34. The van der Waals surface area contributed by atoms with Crippen molar-refractivity contribution < 1.29 is 23.0 Å². The van der Waals surface area contributed by atoms with Crippen molar-refractivity contribution in [2.75, 3.05) is 14.2 Å². The first-order valence-corrected chi connectivity index (χ1v) is 14.4. The van der Waals surface area contributed by atoms with Gasteiger partial charge in [0.1, 0.15) is 23.1 Å². The van der Waals surface area contributed by atoms with E-state index in [2.05, 4.69) is 34.2 Å². The molecule has 0 bridgehead atoms. The molecule has 0 radical (unpaired) electrons. The molecule has 2 heterocycles. The topological polar surface area (TPSA) is 64.5 Å². The number of carbonyl (C=O) groups excluding carboxylic acids is 1. The maximum absolute atomic E-state index is 14.8. The van der Waals surface area contributed by atoms with Crippen molar-refractivity contribution in [1.82, 2.24) is 14.9 Å². The lowest BCUT2D eigenvalue weighted by Crippen LogP contribution is -2.24. The highest BCUT2D eigenvalue weighted by atomic mass is 19.1. The van der Waals surface area contributed by atoms with Gasteiger partial charge < -0.3 is 14.4 Å². The molecule has 0 atom stereocenters. The third-order valence-corrected chi connectivity index (χ3v) is 8.37. The minimum absolute atomic E-state index is 0.0603. The summed E-state index contributed by atoms with van der Waals surface area (Å²) in [7, 11) is 3.14. The highest BCUT2D eigenvalue weighted by Crippen LogP contribution is 2.35. The molecule has 2 aliphatic rings. The Bertz CT molecular complexity index is 1600. The quantitative estimate of drug-likeness (QED) is 0.224. The predicted octanol–water partition coefficient (Wildman–Crippen LogP) is 7.23. The molecular weight excluding hydrogens is 536 g/mol. The van der Waals surface area contributed by atoms with E-state index in [0.717, 1.165) is 11.1 Å². The summed E-state index contributed by atoms with van der Waals surface area (Å²) in [5.74, 6) is 0.0371. The lowest BCUT2D eigenvalue weighted by Gasteiger charge is -2.22. The number of methoxy groups -OCH3 is 2. The first kappa shape index (κ1) is 27.8. The SMILES string of the molecule is COc1ccc(CN2Cc3nc(-c4c(F)cccc4F)nc(Cc4ccc(C5CCCCC5)cc4)c3C2=O)c(OC)c1. The van der Waals surface area contributed by atoms with Gasteiger partial charge in [0.15, 0.2) is 5.82 Å². The van der Waals surface area contributed by atoms with Crippen LogP contribution in [0.15, 0.2) is 60.7 Å². The number of carbonyl (C=O) groups is 1. The number of rotatable bonds is 8. The molecule has 1 amide bonds. The van der Waals surface area contributed by atoms with Crippen LogP contribution < -0.4 is 9.47 Å². The Hall–Kier alpha value is -4.33. The van der Waals surface area contributed by atoms with Crippen LogP contribution in [0.3, 0.4) is 0 Å². The monoisotopic (exact) mass is 569 g/mol. The lowest BCUT2D eigenvalue weighted by molar-refractivity contribution is 0.0764. The Balaban J connectivity index is 1.35. The Morgan fingerprint density at radius 2 is 1.62 bits per heavy atom. The van der Waals surface area contributed by atoms with Crippen LogP contribution in [0.5, 0.6) is 11.5 Å². The molecule has 0 unspecified atom stereocenters. The molecule has 0 spiro atoms. The number of aromatic nitrogens is 2. The lowest BCUT2D eigenvalue weighted by atomic mass is 9.84. The molecule has 3 aromatic carbocycles. The number of hydrogen-bond acceptors (Lipinski definition) is 5. The van der Waals surface area contributed by atoms with Gasteiger partial charge in [-0.1, -0.05) is 49.6 Å². The van der Waals surface area contributed by atoms with Gasteiger partial charge in [-0.15, -0.1) is 0 Å². The Morgan fingerprint density at radius 1 is 0.881 bits per heavy atom. The van der Waals surface area contributed by atoms with Gasteiger partial charge in [0, 0.05) is 18.1 Å². The minimum atomic E-state index is -0.748. The van der Waals surface area contributed by atoms with Gasteiger partial charge in [-0.05, 0) is 54.2 Å². The first-order chi connectivity index (χ1) is 20.4. The van der Waals surface area contributed by atoms with Crippen LogP contribution in [0.2, 0.25) is 0 Å². The van der Waals surface area contributed by atoms with Crippen LogP contribution in [0.1, 0.15) is 76.5 Å². The summed E-state index contributed by atoms with van der Waals surface area (Å²) in [5, 5.41) is 0. The number of halogens is 2. The van der Waals surface area contributed by atoms with Crippen molar-refractivity contribution in [2.45, 2.75) is 57.5 Å². The van der Waals surface area contributed by atoms with Crippen LogP contribution in [-0.2, 0) is 19.5 Å². The second-order valence-electron chi connectivity index (χ2n) is 11.0. The summed E-state index contributed by atoms with van der Waals surface area (Å²) < 4.78 is 40.5. The van der Waals surface area contributed by atoms with E-state index in [9.17, 15) is 13.6 Å². The third-order valence-electron chi connectivity index (χ3n) is 8.37. The third kappa shape index (κ3) is 5.45. The molecule has 6 rings (SSSR count). The molecule has 1 fully saturated rings. The normalized spacial score (nSPS) is 15.1. The van der Waals surface area contributed by atoms with E-state index in [-0.39, 0.29) is 30.4 Å². The summed E-state index contributed by atoms with van der Waals surface area (Å²) in [4.78, 5) is 24.6. The molecule has 8 heteroatoms. The molecule has 0 N–H and O–H groups in total. The van der Waals surface area contributed by atoms with E-state index in [4.69, 9.17) is 9.47 Å². The second-order valence-corrected chi connectivity index (χ2v) is 11.0. The fourth-order valence-corrected chi connectivity index (χ4v) is 6.13. The van der Waals surface area contributed by atoms with Crippen LogP contribution >= 0.6 is 0 Å². The van der Waals surface area contributed by atoms with E-state index < -0.39 is 11.6 Å². The Kier molecular flexibility index (Phi) is 7.87. The Morgan fingerprint density at radius 3 is 2.31 bits per heavy atom. The number of ether oxygens (including phenoxy) is 2. The molecule has 1 saturated carbocycles. The van der Waals surface area contributed by atoms with Crippen molar-refractivity contribution in [3.63, 3.8) is 0 Å². The second kappa shape index (κ2) is 11.9. The number of benzene rings is 3. The van der Waals surface area contributed by atoms with Gasteiger partial charge in [-0.25, -0.2) is 18.7 Å². The summed E-state index contributed by atoms with van der Waals surface area (Å²) in [6, 6.07) is 17.6. The summed E-state index contributed by atoms with van der Waals surface area (Å²) in [6.07, 6.45) is 6.57. The van der Waals surface area contributed by atoms with Crippen LogP contribution in [0, 0.1) is 11.6 Å². The van der Waals surface area contributed by atoms with Gasteiger partial charge in [0.2, 0.25) is 0 Å². The van der Waals surface area contributed by atoms with E-state index >= 15 is 0 Å². The zero-order chi connectivity index (χ0) is 29.2. The maximum Gasteiger partial charge on any atom is 0.258 e. The molecule has 6 nitrogen and oxygen atoms in total. The van der Waals surface area contributed by atoms with Crippen LogP contribution in [-0.4, -0.2) is 35.0 Å². The first-order valence-electron chi connectivity index (χ1n) is 14.4. The van der Waals surface area contributed by atoms with Crippen molar-refractivity contribution in [3.05, 3.63) is 106 Å². The average Bonchev–Trinajstić information content (AvgIpc) is 3.32. The molecule has 0 saturated heterocycles. The zero-order valence-electron chi connectivity index (χ0n) is 23.8. The molecular formula is C34H33F2N3O3. The fraction of sp³-hybridized carbons (Fsp3) is 0.324. The summed E-state index contributed by atoms with van der Waals surface area (Å²) >= 11 is 0. The highest BCUT2D eigenvalue weighted by molar-refractivity contribution is 5.99. The van der Waals surface area contributed by atoms with E-state index in [0.29, 0.717) is 40.8 Å². The van der Waals surface area contributed by atoms with Crippen molar-refractivity contribution in [2.24, 2.45) is 0 Å². The van der Waals surface area contributed by atoms with Crippen molar-refractivity contribution in [3.8, 4) is 22.9 Å². The van der Waals surface area contributed by atoms with Crippen LogP contribution in [0.4, 0.5) is 8.78 Å². The fourth-order valence-electron chi connectivity index (χ4n) is 6.13. The molecule has 216 valence electrons. The molecule has 1 aromatic heterocycles. The number of hydrogen-bond donors (Lipinski definition) is 0. The molecule has 1 aliphatic carbocycles. The van der Waals surface area contributed by atoms with Gasteiger partial charge >= 0.3 is 0 Å². The van der Waals surface area contributed by atoms with Gasteiger partial charge in [0.05, 0.1) is 49.8 Å². The standard InChI is InChI=1S/C34H33F2N3O3/c1-41-25-16-15-24(30(18-25)42-2)19-39-20-29-32(34(39)40)28(37-33(38-29)31-26(35)9-6-10-27(31)36)17-21-11-13-23(14-12-21)22-7-4-3-5-8-22/h6,9-16,18,22H,3-5,7-8,17,19-20H2,1-2H3. The Labute approximate surface area is 244 Å². The molecule has 42 heavy (non-hydrogen) atoms. The van der Waals surface area contributed by atoms with E-state index in [1.807, 2.05) is 12.1 Å². The molecule has 4 aromatic rings. The van der Waals surface area contributed by atoms with Crippen molar-refractivity contribution in [1.29, 1.82) is 0 Å². The summed E-state index contributed by atoms with van der Waals surface area (Å²) in [5.41, 5.74) is 4.10. The van der Waals surface area contributed by atoms with Crippen LogP contribution in [0.25, 0.3) is 11.4 Å². The largest absolute Gasteiger partial charge is 0.497 e. The smallest absolute Gasteiger partial charge is 0.258 e. The van der Waals surface area contributed by atoms with E-state index in [1.54, 1.807) is 25.2 Å². The molecule has 1 aliphatic heterocycles. The minimum Gasteiger partial charge on any atom is -0.497 e. The average molecular weight is 570 g/mol. The number of amides is 1. The van der Waals surface area contributed by atoms with Gasteiger partial charge in [0.25, 0.3) is 5.91 Å².